The molecule has 0 spiro atoms. The lowest BCUT2D eigenvalue weighted by Crippen LogP contribution is -2.56. The Morgan fingerprint density at radius 3 is 2.63 bits per heavy atom. The van der Waals surface area contributed by atoms with Crippen molar-refractivity contribution < 1.29 is 9.59 Å². The van der Waals surface area contributed by atoms with E-state index in [0.717, 1.165) is 36.6 Å². The minimum Gasteiger partial charge on any atom is -0.357 e. The Morgan fingerprint density at radius 2 is 1.95 bits per heavy atom. The largest absolute Gasteiger partial charge is 0.357 e. The zero-order valence-corrected chi connectivity index (χ0v) is 22.7. The van der Waals surface area contributed by atoms with Gasteiger partial charge in [-0.05, 0) is 49.2 Å². The molecule has 1 atom stereocenters. The second-order valence-electron chi connectivity index (χ2n) is 9.12. The molecule has 10 nitrogen and oxygen atoms in total. The fraction of sp³-hybridized carbons (Fsp3) is 0.370. The van der Waals surface area contributed by atoms with Gasteiger partial charge in [0.05, 0.1) is 16.3 Å². The van der Waals surface area contributed by atoms with Crippen LogP contribution in [0.1, 0.15) is 30.6 Å². The van der Waals surface area contributed by atoms with Gasteiger partial charge in [-0.3, -0.25) is 9.59 Å². The molecule has 0 radical (unpaired) electrons. The number of carbonyl (C=O) groups is 2. The first kappa shape index (κ1) is 25.8. The van der Waals surface area contributed by atoms with E-state index in [4.69, 9.17) is 9.97 Å². The fourth-order valence-corrected chi connectivity index (χ4v) is 5.26. The molecule has 1 fully saturated rings. The summed E-state index contributed by atoms with van der Waals surface area (Å²) < 4.78 is 1.71. The molecule has 5 rings (SSSR count). The highest BCUT2D eigenvalue weighted by Gasteiger charge is 2.35. The van der Waals surface area contributed by atoms with Gasteiger partial charge >= 0.3 is 0 Å². The molecule has 38 heavy (non-hydrogen) atoms. The van der Waals surface area contributed by atoms with Gasteiger partial charge in [0.2, 0.25) is 5.91 Å². The van der Waals surface area contributed by atoms with Crippen molar-refractivity contribution in [1.29, 1.82) is 0 Å². The molecule has 1 unspecified atom stereocenters. The number of anilines is 1. The monoisotopic (exact) mass is 532 g/mol. The van der Waals surface area contributed by atoms with E-state index in [1.54, 1.807) is 35.0 Å². The molecule has 2 N–H and O–H groups in total. The van der Waals surface area contributed by atoms with Crippen LogP contribution >= 0.6 is 11.3 Å². The van der Waals surface area contributed by atoms with Crippen LogP contribution < -0.4 is 15.5 Å². The molecule has 0 bridgehead atoms. The van der Waals surface area contributed by atoms with Crippen LogP contribution in [0.4, 0.5) is 5.82 Å². The Hall–Kier alpha value is -3.83. The van der Waals surface area contributed by atoms with Crippen LogP contribution in [0, 0.1) is 0 Å². The number of hydrogen-bond donors (Lipinski definition) is 2. The molecular formula is C27H32N8O2S. The van der Waals surface area contributed by atoms with E-state index in [-0.39, 0.29) is 17.9 Å². The SMILES string of the molecule is CCN(CC)CCNC(=O)c1cc(-c2cc3nc(-c4cccs4)ccn3n2)nc(N2CCC2C(=O)NC)c1. The van der Waals surface area contributed by atoms with E-state index in [9.17, 15) is 9.59 Å². The van der Waals surface area contributed by atoms with Crippen LogP contribution in [-0.4, -0.2) is 82.1 Å². The Balaban J connectivity index is 1.47. The van der Waals surface area contributed by atoms with Crippen molar-refractivity contribution in [1.82, 2.24) is 35.1 Å². The number of nitrogens with one attached hydrogen (secondary N) is 2. The van der Waals surface area contributed by atoms with E-state index in [2.05, 4.69) is 34.5 Å². The summed E-state index contributed by atoms with van der Waals surface area (Å²) in [5.74, 6) is 0.341. The van der Waals surface area contributed by atoms with Crippen molar-refractivity contribution >= 4 is 34.6 Å². The summed E-state index contributed by atoms with van der Waals surface area (Å²) in [6.07, 6.45) is 2.61. The number of carbonyl (C=O) groups excluding carboxylic acids is 2. The topological polar surface area (TPSA) is 108 Å². The minimum absolute atomic E-state index is 0.0632. The van der Waals surface area contributed by atoms with Crippen LogP contribution in [0.3, 0.4) is 0 Å². The highest BCUT2D eigenvalue weighted by atomic mass is 32.1. The third-order valence-electron chi connectivity index (χ3n) is 6.91. The third kappa shape index (κ3) is 5.25. The van der Waals surface area contributed by atoms with Gasteiger partial charge in [0.1, 0.15) is 17.6 Å². The van der Waals surface area contributed by atoms with Gasteiger partial charge in [0.15, 0.2) is 5.65 Å². The maximum Gasteiger partial charge on any atom is 0.251 e. The molecule has 0 saturated carbocycles. The average Bonchev–Trinajstić information content (AvgIpc) is 3.60. The van der Waals surface area contributed by atoms with E-state index < -0.39 is 0 Å². The Morgan fingerprint density at radius 1 is 1.11 bits per heavy atom. The van der Waals surface area contributed by atoms with Gasteiger partial charge in [-0.15, -0.1) is 11.3 Å². The standard InChI is InChI=1S/C27H32N8O2S/c1-4-33(5-2)13-10-29-26(36)18-15-20(31-24(16-18)34-11-9-22(34)27(37)28-3)21-17-25-30-19(8-12-35(25)32-21)23-7-6-14-38-23/h6-8,12,14-17,22H,4-5,9-11,13H2,1-3H3,(H,28,37)(H,29,36). The number of rotatable bonds is 10. The number of nitrogens with zero attached hydrogens (tertiary/aromatic N) is 6. The fourth-order valence-electron chi connectivity index (χ4n) is 4.56. The van der Waals surface area contributed by atoms with Crippen molar-refractivity contribution in [2.45, 2.75) is 26.3 Å². The first-order valence-corrected chi connectivity index (χ1v) is 13.8. The van der Waals surface area contributed by atoms with Crippen LogP contribution in [0.2, 0.25) is 0 Å². The van der Waals surface area contributed by atoms with Crippen molar-refractivity contribution in [3.8, 4) is 22.0 Å². The molecule has 1 aliphatic heterocycles. The summed E-state index contributed by atoms with van der Waals surface area (Å²) in [6, 6.07) is 11.0. The maximum absolute atomic E-state index is 13.2. The van der Waals surface area contributed by atoms with Crippen molar-refractivity contribution in [2.24, 2.45) is 0 Å². The molecule has 1 saturated heterocycles. The lowest BCUT2D eigenvalue weighted by atomic mass is 10.0. The summed E-state index contributed by atoms with van der Waals surface area (Å²) >= 11 is 1.63. The summed E-state index contributed by atoms with van der Waals surface area (Å²) in [6.45, 7) is 8.09. The summed E-state index contributed by atoms with van der Waals surface area (Å²) in [5, 5.41) is 12.5. The lowest BCUT2D eigenvalue weighted by Gasteiger charge is -2.40. The summed E-state index contributed by atoms with van der Waals surface area (Å²) in [7, 11) is 1.63. The molecule has 4 aromatic heterocycles. The molecule has 1 aliphatic rings. The van der Waals surface area contributed by atoms with Crippen molar-refractivity contribution in [2.75, 3.05) is 44.7 Å². The van der Waals surface area contributed by atoms with Gasteiger partial charge in [-0.1, -0.05) is 19.9 Å². The zero-order valence-electron chi connectivity index (χ0n) is 21.8. The molecule has 5 heterocycles. The van der Waals surface area contributed by atoms with Crippen LogP contribution in [-0.2, 0) is 4.79 Å². The number of amides is 2. The maximum atomic E-state index is 13.2. The second-order valence-corrected chi connectivity index (χ2v) is 10.1. The van der Waals surface area contributed by atoms with Gasteiger partial charge in [0, 0.05) is 44.5 Å². The van der Waals surface area contributed by atoms with Crippen LogP contribution in [0.15, 0.2) is 48.0 Å². The highest BCUT2D eigenvalue weighted by Crippen LogP contribution is 2.30. The zero-order chi connectivity index (χ0) is 26.6. The first-order chi connectivity index (χ1) is 18.5. The molecule has 2 amide bonds. The van der Waals surface area contributed by atoms with Gasteiger partial charge < -0.3 is 20.4 Å². The van der Waals surface area contributed by atoms with Crippen molar-refractivity contribution in [3.05, 3.63) is 53.5 Å². The minimum atomic E-state index is -0.308. The predicted octanol–water partition coefficient (Wildman–Crippen LogP) is 2.92. The summed E-state index contributed by atoms with van der Waals surface area (Å²) in [4.78, 5) is 40.4. The average molecular weight is 533 g/mol. The third-order valence-corrected chi connectivity index (χ3v) is 7.80. The normalized spacial score (nSPS) is 15.1. The molecule has 0 aromatic carbocycles. The first-order valence-electron chi connectivity index (χ1n) is 12.9. The van der Waals surface area contributed by atoms with Crippen molar-refractivity contribution in [3.63, 3.8) is 0 Å². The lowest BCUT2D eigenvalue weighted by molar-refractivity contribution is -0.123. The molecule has 11 heteroatoms. The van der Waals surface area contributed by atoms with Crippen LogP contribution in [0.5, 0.6) is 0 Å². The van der Waals surface area contributed by atoms with Gasteiger partial charge in [-0.25, -0.2) is 14.5 Å². The molecular weight excluding hydrogens is 500 g/mol. The van der Waals surface area contributed by atoms with E-state index >= 15 is 0 Å². The smallest absolute Gasteiger partial charge is 0.251 e. The van der Waals surface area contributed by atoms with E-state index in [1.807, 2.05) is 40.7 Å². The number of thiophene rings is 1. The Labute approximate surface area is 225 Å². The van der Waals surface area contributed by atoms with Crippen LogP contribution in [0.25, 0.3) is 27.6 Å². The highest BCUT2D eigenvalue weighted by molar-refractivity contribution is 7.13. The molecule has 4 aromatic rings. The number of likely N-dealkylation sites (N-methyl/N-ethyl adjacent to an activating group) is 2. The van der Waals surface area contributed by atoms with Gasteiger partial charge in [-0.2, -0.15) is 5.10 Å². The Kier molecular flexibility index (Phi) is 7.66. The van der Waals surface area contributed by atoms with E-state index in [1.165, 1.54) is 0 Å². The quantitative estimate of drug-likeness (QED) is 0.323. The predicted molar refractivity (Wildman–Crippen MR) is 149 cm³/mol. The van der Waals surface area contributed by atoms with E-state index in [0.29, 0.717) is 41.5 Å². The molecule has 198 valence electrons. The summed E-state index contributed by atoms with van der Waals surface area (Å²) in [5.41, 5.74) is 3.22. The number of hydrogen-bond acceptors (Lipinski definition) is 8. The second kappa shape index (κ2) is 11.3. The Bertz CT molecular complexity index is 1430. The number of pyridine rings is 1. The number of aromatic nitrogens is 4. The molecule has 0 aliphatic carbocycles. The van der Waals surface area contributed by atoms with Gasteiger partial charge in [0.25, 0.3) is 5.91 Å². The number of fused-ring (bicyclic) bond motifs is 1.